The van der Waals surface area contributed by atoms with E-state index in [2.05, 4.69) is 79.6 Å². The fraction of sp³-hybridized carbons (Fsp3) is 0.0435. The molecule has 0 saturated heterocycles. The number of nitrogens with zero attached hydrogens (tertiary/aromatic N) is 3. The van der Waals surface area contributed by atoms with E-state index in [9.17, 15) is 0 Å². The van der Waals surface area contributed by atoms with E-state index in [4.69, 9.17) is 0 Å². The van der Waals surface area contributed by atoms with Crippen molar-refractivity contribution in [1.82, 2.24) is 25.0 Å². The van der Waals surface area contributed by atoms with Gasteiger partial charge in [-0.05, 0) is 57.8 Å². The lowest BCUT2D eigenvalue weighted by molar-refractivity contribution is 0.768. The van der Waals surface area contributed by atoms with Crippen LogP contribution in [0.25, 0.3) is 55.4 Å². The Bertz CT molecular complexity index is 1470. The molecule has 0 fully saturated rings. The highest BCUT2D eigenvalue weighted by Crippen LogP contribution is 2.35. The second kappa shape index (κ2) is 6.18. The van der Waals surface area contributed by atoms with Gasteiger partial charge in [0.05, 0.1) is 17.4 Å². The first-order chi connectivity index (χ1) is 14.3. The van der Waals surface area contributed by atoms with Crippen LogP contribution in [-0.2, 0) is 7.05 Å². The molecule has 0 amide bonds. The molecule has 4 heterocycles. The number of rotatable bonds is 3. The minimum Gasteiger partial charge on any atom is -0.353 e. The van der Waals surface area contributed by atoms with Gasteiger partial charge in [-0.2, -0.15) is 21.5 Å². The van der Waals surface area contributed by atoms with Crippen molar-refractivity contribution in [3.8, 4) is 33.6 Å². The maximum atomic E-state index is 4.62. The van der Waals surface area contributed by atoms with Crippen LogP contribution < -0.4 is 0 Å². The highest BCUT2D eigenvalue weighted by Gasteiger charge is 2.14. The van der Waals surface area contributed by atoms with Crippen molar-refractivity contribution in [2.75, 3.05) is 0 Å². The number of nitrogens with one attached hydrogen (secondary N) is 2. The Balaban J connectivity index is 1.53. The van der Waals surface area contributed by atoms with E-state index in [1.165, 1.54) is 16.5 Å². The standard InChI is InChI=1S/C23H17N5S/c1-28-12-16(11-24-28)14-5-6-21-19(9-14)23(27-26-21)22-10-18-17(15-7-8-29-13-15)3-2-4-20(18)25-22/h2-13,25H,1H3,(H,26,27). The van der Waals surface area contributed by atoms with Gasteiger partial charge in [0.15, 0.2) is 0 Å². The van der Waals surface area contributed by atoms with Gasteiger partial charge < -0.3 is 4.98 Å². The van der Waals surface area contributed by atoms with Crippen LogP contribution >= 0.6 is 11.3 Å². The first kappa shape index (κ1) is 16.3. The van der Waals surface area contributed by atoms with Crippen LogP contribution in [0.2, 0.25) is 0 Å². The number of aromatic amines is 2. The molecule has 140 valence electrons. The van der Waals surface area contributed by atoms with Crippen LogP contribution in [0.5, 0.6) is 0 Å². The second-order valence-electron chi connectivity index (χ2n) is 7.20. The summed E-state index contributed by atoms with van der Waals surface area (Å²) in [5, 5.41) is 18.7. The molecule has 0 atom stereocenters. The maximum Gasteiger partial charge on any atom is 0.116 e. The Morgan fingerprint density at radius 2 is 1.90 bits per heavy atom. The van der Waals surface area contributed by atoms with Crippen LogP contribution in [0.1, 0.15) is 0 Å². The van der Waals surface area contributed by atoms with Crippen LogP contribution in [0, 0.1) is 0 Å². The number of aryl methyl sites for hydroxylation is 1. The Morgan fingerprint density at radius 3 is 2.72 bits per heavy atom. The van der Waals surface area contributed by atoms with Crippen LogP contribution in [0.4, 0.5) is 0 Å². The number of H-pyrrole nitrogens is 2. The lowest BCUT2D eigenvalue weighted by atomic mass is 10.0. The molecule has 0 radical (unpaired) electrons. The molecule has 0 aliphatic carbocycles. The predicted molar refractivity (Wildman–Crippen MR) is 119 cm³/mol. The molecule has 0 unspecified atom stereocenters. The fourth-order valence-corrected chi connectivity index (χ4v) is 4.58. The first-order valence-corrected chi connectivity index (χ1v) is 10.3. The van der Waals surface area contributed by atoms with E-state index < -0.39 is 0 Å². The molecule has 0 aliphatic rings. The summed E-state index contributed by atoms with van der Waals surface area (Å²) in [5.74, 6) is 0. The third-order valence-electron chi connectivity index (χ3n) is 5.35. The van der Waals surface area contributed by atoms with Gasteiger partial charge >= 0.3 is 0 Å². The summed E-state index contributed by atoms with van der Waals surface area (Å²) in [6.45, 7) is 0. The number of hydrogen-bond donors (Lipinski definition) is 2. The van der Waals surface area contributed by atoms with Gasteiger partial charge in [0.1, 0.15) is 5.69 Å². The van der Waals surface area contributed by atoms with Gasteiger partial charge in [0.2, 0.25) is 0 Å². The smallest absolute Gasteiger partial charge is 0.116 e. The lowest BCUT2D eigenvalue weighted by Gasteiger charge is -1.99. The van der Waals surface area contributed by atoms with Crippen molar-refractivity contribution >= 4 is 33.1 Å². The van der Waals surface area contributed by atoms with Crippen LogP contribution in [0.3, 0.4) is 0 Å². The molecular formula is C23H17N5S. The summed E-state index contributed by atoms with van der Waals surface area (Å²) in [7, 11) is 1.93. The zero-order valence-electron chi connectivity index (χ0n) is 15.7. The number of thiophene rings is 1. The number of aromatic nitrogens is 5. The van der Waals surface area contributed by atoms with E-state index in [-0.39, 0.29) is 0 Å². The molecule has 0 saturated carbocycles. The highest BCUT2D eigenvalue weighted by molar-refractivity contribution is 7.08. The van der Waals surface area contributed by atoms with Gasteiger partial charge in [0.25, 0.3) is 0 Å². The first-order valence-electron chi connectivity index (χ1n) is 9.38. The van der Waals surface area contributed by atoms with E-state index >= 15 is 0 Å². The zero-order valence-corrected chi connectivity index (χ0v) is 16.5. The quantitative estimate of drug-likeness (QED) is 0.395. The van der Waals surface area contributed by atoms with Gasteiger partial charge in [-0.15, -0.1) is 0 Å². The molecule has 0 spiro atoms. The summed E-state index contributed by atoms with van der Waals surface area (Å²) in [4.78, 5) is 3.56. The van der Waals surface area contributed by atoms with Crippen molar-refractivity contribution in [2.45, 2.75) is 0 Å². The average molecular weight is 395 g/mol. The Morgan fingerprint density at radius 1 is 0.931 bits per heavy atom. The third kappa shape index (κ3) is 2.61. The minimum absolute atomic E-state index is 0.929. The molecular weight excluding hydrogens is 378 g/mol. The maximum absolute atomic E-state index is 4.62. The van der Waals surface area contributed by atoms with Crippen molar-refractivity contribution in [1.29, 1.82) is 0 Å². The van der Waals surface area contributed by atoms with Crippen molar-refractivity contribution in [3.05, 3.63) is 71.7 Å². The normalized spacial score (nSPS) is 11.6. The number of hydrogen-bond acceptors (Lipinski definition) is 3. The van der Waals surface area contributed by atoms with Gasteiger partial charge in [-0.1, -0.05) is 18.2 Å². The highest BCUT2D eigenvalue weighted by atomic mass is 32.1. The molecule has 6 aromatic rings. The van der Waals surface area contributed by atoms with Crippen LogP contribution in [0.15, 0.2) is 71.7 Å². The third-order valence-corrected chi connectivity index (χ3v) is 6.04. The summed E-state index contributed by atoms with van der Waals surface area (Å²) >= 11 is 1.72. The number of benzene rings is 2. The zero-order chi connectivity index (χ0) is 19.4. The van der Waals surface area contributed by atoms with Crippen molar-refractivity contribution < 1.29 is 0 Å². The van der Waals surface area contributed by atoms with Gasteiger partial charge in [-0.3, -0.25) is 9.78 Å². The summed E-state index contributed by atoms with van der Waals surface area (Å²) in [6, 6.07) is 17.1. The minimum atomic E-state index is 0.929. The second-order valence-corrected chi connectivity index (χ2v) is 7.98. The van der Waals surface area contributed by atoms with E-state index in [0.29, 0.717) is 0 Å². The SMILES string of the molecule is Cn1cc(-c2ccc3[nH]nc(-c4cc5c(-c6ccsc6)cccc5[nH]4)c3c2)cn1. The molecule has 6 heteroatoms. The fourth-order valence-electron chi connectivity index (χ4n) is 3.92. The predicted octanol–water partition coefficient (Wildman–Crippen LogP) is 5.84. The topological polar surface area (TPSA) is 62.3 Å². The van der Waals surface area contributed by atoms with Crippen molar-refractivity contribution in [2.24, 2.45) is 7.05 Å². The number of fused-ring (bicyclic) bond motifs is 2. The molecule has 29 heavy (non-hydrogen) atoms. The molecule has 6 rings (SSSR count). The molecule has 2 aromatic carbocycles. The Kier molecular flexibility index (Phi) is 3.48. The molecule has 0 aliphatic heterocycles. The largest absolute Gasteiger partial charge is 0.353 e. The Hall–Kier alpha value is -3.64. The van der Waals surface area contributed by atoms with Crippen LogP contribution in [-0.4, -0.2) is 25.0 Å². The summed E-state index contributed by atoms with van der Waals surface area (Å²) in [6.07, 6.45) is 3.91. The van der Waals surface area contributed by atoms with Gasteiger partial charge in [-0.25, -0.2) is 0 Å². The molecule has 5 nitrogen and oxygen atoms in total. The molecule has 4 aromatic heterocycles. The summed E-state index contributed by atoms with van der Waals surface area (Å²) < 4.78 is 1.82. The van der Waals surface area contributed by atoms with E-state index in [0.717, 1.165) is 38.9 Å². The summed E-state index contributed by atoms with van der Waals surface area (Å²) in [5.41, 5.74) is 8.78. The monoisotopic (exact) mass is 395 g/mol. The van der Waals surface area contributed by atoms with E-state index in [1.54, 1.807) is 11.3 Å². The van der Waals surface area contributed by atoms with Gasteiger partial charge in [0, 0.05) is 35.1 Å². The Labute approximate surface area is 170 Å². The molecule has 2 N–H and O–H groups in total. The molecule has 0 bridgehead atoms. The van der Waals surface area contributed by atoms with Crippen molar-refractivity contribution in [3.63, 3.8) is 0 Å². The average Bonchev–Trinajstić information content (AvgIpc) is 3.51. The van der Waals surface area contributed by atoms with E-state index in [1.807, 2.05) is 24.1 Å². The lowest BCUT2D eigenvalue weighted by Crippen LogP contribution is -1.84.